The highest BCUT2D eigenvalue weighted by Crippen LogP contribution is 2.34. The Hall–Kier alpha value is -2.94. The molecule has 4 rings (SSSR count). The zero-order valence-electron chi connectivity index (χ0n) is 16.2. The minimum atomic E-state index is -0.819. The van der Waals surface area contributed by atoms with Gasteiger partial charge in [0, 0.05) is 38.0 Å². The lowest BCUT2D eigenvalue weighted by molar-refractivity contribution is -0.162. The number of hydrogen-bond acceptors (Lipinski definition) is 6. The van der Waals surface area contributed by atoms with Gasteiger partial charge in [-0.25, -0.2) is 0 Å². The molecule has 9 heteroatoms. The minimum Gasteiger partial charge on any atom is -0.481 e. The van der Waals surface area contributed by atoms with Crippen molar-refractivity contribution in [3.63, 3.8) is 0 Å². The zero-order chi connectivity index (χ0) is 19.8. The third-order valence-electron chi connectivity index (χ3n) is 5.25. The van der Waals surface area contributed by atoms with E-state index in [0.29, 0.717) is 24.8 Å². The Bertz CT molecular complexity index is 911. The van der Waals surface area contributed by atoms with Crippen molar-refractivity contribution in [2.75, 3.05) is 31.7 Å². The standard InChI is InChI=1S/C19H23N5O4/c1-4-23-15(25)11-28-17(16(23)13-9-20-22(2)10-13)19(26)24-8-7-12-5-6-14(27-3)21-18(12)24/h5-6,9-10,16-17H,4,7-8,11H2,1-3H3/t16-,17+/m1/s1. The molecule has 2 aromatic rings. The molecule has 0 bridgehead atoms. The summed E-state index contributed by atoms with van der Waals surface area (Å²) in [6, 6.07) is 3.19. The quantitative estimate of drug-likeness (QED) is 0.770. The SMILES string of the molecule is CCN1C(=O)CO[C@H](C(=O)N2CCc3ccc(OC)nc32)[C@H]1c1cnn(C)c1. The molecule has 1 fully saturated rings. The normalized spacial score (nSPS) is 21.8. The molecule has 2 atom stereocenters. The number of amides is 2. The number of ether oxygens (including phenoxy) is 2. The molecule has 0 radical (unpaired) electrons. The fraction of sp³-hybridized carbons (Fsp3) is 0.474. The highest BCUT2D eigenvalue weighted by molar-refractivity contribution is 5.99. The number of methoxy groups -OCH3 is 1. The first-order chi connectivity index (χ1) is 13.5. The summed E-state index contributed by atoms with van der Waals surface area (Å²) in [5.74, 6) is 0.705. The lowest BCUT2D eigenvalue weighted by atomic mass is 9.99. The molecule has 0 unspecified atom stereocenters. The third kappa shape index (κ3) is 3.01. The average molecular weight is 385 g/mol. The molecule has 2 amide bonds. The maximum absolute atomic E-state index is 13.5. The van der Waals surface area contributed by atoms with Gasteiger partial charge in [0.2, 0.25) is 11.8 Å². The van der Waals surface area contributed by atoms with Crippen LogP contribution in [0.1, 0.15) is 24.1 Å². The fourth-order valence-corrected chi connectivity index (χ4v) is 3.89. The van der Waals surface area contributed by atoms with Crippen LogP contribution in [0.4, 0.5) is 5.82 Å². The van der Waals surface area contributed by atoms with Crippen LogP contribution in [-0.2, 0) is 27.8 Å². The number of carbonyl (C=O) groups is 2. The first-order valence-corrected chi connectivity index (χ1v) is 9.28. The number of rotatable bonds is 4. The van der Waals surface area contributed by atoms with Crippen LogP contribution in [0, 0.1) is 0 Å². The lowest BCUT2D eigenvalue weighted by Gasteiger charge is -2.40. The summed E-state index contributed by atoms with van der Waals surface area (Å²) < 4.78 is 12.6. The Morgan fingerprint density at radius 1 is 1.39 bits per heavy atom. The van der Waals surface area contributed by atoms with Gasteiger partial charge >= 0.3 is 0 Å². The van der Waals surface area contributed by atoms with Crippen molar-refractivity contribution >= 4 is 17.6 Å². The van der Waals surface area contributed by atoms with Crippen molar-refractivity contribution in [2.24, 2.45) is 7.05 Å². The average Bonchev–Trinajstić information content (AvgIpc) is 3.32. The van der Waals surface area contributed by atoms with E-state index < -0.39 is 12.1 Å². The van der Waals surface area contributed by atoms with Crippen LogP contribution in [0.3, 0.4) is 0 Å². The molecule has 0 aromatic carbocycles. The molecule has 4 heterocycles. The second-order valence-electron chi connectivity index (χ2n) is 6.88. The van der Waals surface area contributed by atoms with Gasteiger partial charge in [0.05, 0.1) is 19.3 Å². The number of pyridine rings is 1. The number of aryl methyl sites for hydroxylation is 1. The maximum Gasteiger partial charge on any atom is 0.259 e. The van der Waals surface area contributed by atoms with Crippen molar-refractivity contribution < 1.29 is 19.1 Å². The molecule has 2 aliphatic heterocycles. The smallest absolute Gasteiger partial charge is 0.259 e. The van der Waals surface area contributed by atoms with Crippen LogP contribution in [-0.4, -0.2) is 64.4 Å². The minimum absolute atomic E-state index is 0.118. The van der Waals surface area contributed by atoms with Crippen molar-refractivity contribution in [1.82, 2.24) is 19.7 Å². The van der Waals surface area contributed by atoms with Gasteiger partial charge in [-0.1, -0.05) is 0 Å². The van der Waals surface area contributed by atoms with Crippen LogP contribution in [0.2, 0.25) is 0 Å². The summed E-state index contributed by atoms with van der Waals surface area (Å²) in [5, 5.41) is 4.20. The molecular formula is C19H23N5O4. The summed E-state index contributed by atoms with van der Waals surface area (Å²) in [4.78, 5) is 33.7. The first kappa shape index (κ1) is 18.4. The summed E-state index contributed by atoms with van der Waals surface area (Å²) >= 11 is 0. The van der Waals surface area contributed by atoms with Crippen LogP contribution in [0.15, 0.2) is 24.5 Å². The lowest BCUT2D eigenvalue weighted by Crippen LogP contribution is -2.55. The van der Waals surface area contributed by atoms with Crippen LogP contribution in [0.5, 0.6) is 5.88 Å². The van der Waals surface area contributed by atoms with Gasteiger partial charge in [-0.2, -0.15) is 10.1 Å². The monoisotopic (exact) mass is 385 g/mol. The summed E-state index contributed by atoms with van der Waals surface area (Å²) in [6.45, 7) is 2.78. The molecule has 0 N–H and O–H groups in total. The predicted molar refractivity (Wildman–Crippen MR) is 99.9 cm³/mol. The van der Waals surface area contributed by atoms with Crippen LogP contribution in [0.25, 0.3) is 0 Å². The number of carbonyl (C=O) groups excluding carboxylic acids is 2. The summed E-state index contributed by atoms with van der Waals surface area (Å²) in [7, 11) is 3.35. The Labute approximate surface area is 162 Å². The van der Waals surface area contributed by atoms with Crippen molar-refractivity contribution in [3.8, 4) is 5.88 Å². The molecule has 2 aliphatic rings. The van der Waals surface area contributed by atoms with E-state index >= 15 is 0 Å². The van der Waals surface area contributed by atoms with E-state index in [0.717, 1.165) is 17.5 Å². The Morgan fingerprint density at radius 2 is 2.21 bits per heavy atom. The second kappa shape index (κ2) is 7.23. The molecule has 9 nitrogen and oxygen atoms in total. The number of aromatic nitrogens is 3. The summed E-state index contributed by atoms with van der Waals surface area (Å²) in [6.07, 6.45) is 3.39. The van der Waals surface area contributed by atoms with E-state index in [1.807, 2.05) is 19.2 Å². The highest BCUT2D eigenvalue weighted by Gasteiger charge is 2.44. The Kier molecular flexibility index (Phi) is 4.76. The molecule has 0 aliphatic carbocycles. The number of nitrogens with zero attached hydrogens (tertiary/aromatic N) is 5. The van der Waals surface area contributed by atoms with Gasteiger partial charge in [-0.3, -0.25) is 19.2 Å². The predicted octanol–water partition coefficient (Wildman–Crippen LogP) is 0.701. The number of fused-ring (bicyclic) bond motifs is 1. The molecule has 0 spiro atoms. The van der Waals surface area contributed by atoms with E-state index in [2.05, 4.69) is 10.1 Å². The van der Waals surface area contributed by atoms with Gasteiger partial charge in [-0.15, -0.1) is 0 Å². The Balaban J connectivity index is 1.69. The second-order valence-corrected chi connectivity index (χ2v) is 6.88. The molecule has 0 saturated carbocycles. The molecule has 28 heavy (non-hydrogen) atoms. The number of anilines is 1. The van der Waals surface area contributed by atoms with Gasteiger partial charge in [0.25, 0.3) is 5.91 Å². The van der Waals surface area contributed by atoms with Gasteiger partial charge in [-0.05, 0) is 25.0 Å². The van der Waals surface area contributed by atoms with E-state index in [9.17, 15) is 9.59 Å². The van der Waals surface area contributed by atoms with E-state index in [1.54, 1.807) is 40.9 Å². The van der Waals surface area contributed by atoms with E-state index in [4.69, 9.17) is 9.47 Å². The van der Waals surface area contributed by atoms with Gasteiger partial charge in [0.1, 0.15) is 12.4 Å². The van der Waals surface area contributed by atoms with Crippen molar-refractivity contribution in [2.45, 2.75) is 25.5 Å². The zero-order valence-corrected chi connectivity index (χ0v) is 16.2. The van der Waals surface area contributed by atoms with E-state index in [-0.39, 0.29) is 18.4 Å². The topological polar surface area (TPSA) is 89.8 Å². The number of morpholine rings is 1. The van der Waals surface area contributed by atoms with Crippen molar-refractivity contribution in [3.05, 3.63) is 35.7 Å². The van der Waals surface area contributed by atoms with Gasteiger partial charge in [0.15, 0.2) is 6.10 Å². The Morgan fingerprint density at radius 3 is 2.89 bits per heavy atom. The first-order valence-electron chi connectivity index (χ1n) is 9.28. The van der Waals surface area contributed by atoms with Crippen molar-refractivity contribution in [1.29, 1.82) is 0 Å². The largest absolute Gasteiger partial charge is 0.481 e. The van der Waals surface area contributed by atoms with E-state index in [1.165, 1.54) is 0 Å². The fourth-order valence-electron chi connectivity index (χ4n) is 3.89. The van der Waals surface area contributed by atoms with Crippen LogP contribution < -0.4 is 9.64 Å². The summed E-state index contributed by atoms with van der Waals surface area (Å²) in [5.41, 5.74) is 1.76. The molecular weight excluding hydrogens is 362 g/mol. The highest BCUT2D eigenvalue weighted by atomic mass is 16.5. The molecule has 148 valence electrons. The van der Waals surface area contributed by atoms with Crippen LogP contribution >= 0.6 is 0 Å². The number of hydrogen-bond donors (Lipinski definition) is 0. The molecule has 2 aromatic heterocycles. The molecule has 1 saturated heterocycles. The van der Waals surface area contributed by atoms with Gasteiger partial charge < -0.3 is 14.4 Å². The maximum atomic E-state index is 13.5. The number of likely N-dealkylation sites (N-methyl/N-ethyl adjacent to an activating group) is 1. The third-order valence-corrected chi connectivity index (χ3v) is 5.25.